The second-order valence-electron chi connectivity index (χ2n) is 6.23. The number of halogens is 1. The van der Waals surface area contributed by atoms with Crippen LogP contribution >= 0.6 is 15.9 Å². The Morgan fingerprint density at radius 3 is 2.64 bits per heavy atom. The minimum Gasteiger partial charge on any atom is -0.345 e. The van der Waals surface area contributed by atoms with Gasteiger partial charge in [0.15, 0.2) is 0 Å². The molecule has 2 N–H and O–H groups in total. The Hall–Kier alpha value is -3.20. The van der Waals surface area contributed by atoms with E-state index in [2.05, 4.69) is 26.6 Å². The lowest BCUT2D eigenvalue weighted by Crippen LogP contribution is -2.34. The second kappa shape index (κ2) is 8.22. The lowest BCUT2D eigenvalue weighted by Gasteiger charge is -2.09. The van der Waals surface area contributed by atoms with Gasteiger partial charge in [-0.2, -0.15) is 0 Å². The van der Waals surface area contributed by atoms with Crippen molar-refractivity contribution in [2.45, 2.75) is 13.5 Å². The highest BCUT2D eigenvalue weighted by Crippen LogP contribution is 2.22. The number of fused-ring (bicyclic) bond motifs is 1. The molecule has 2 amide bonds. The summed E-state index contributed by atoms with van der Waals surface area (Å²) in [5.41, 5.74) is 2.34. The Kier molecular flexibility index (Phi) is 5.74. The van der Waals surface area contributed by atoms with Gasteiger partial charge < -0.3 is 15.2 Å². The van der Waals surface area contributed by atoms with Gasteiger partial charge in [-0.15, -0.1) is 0 Å². The first kappa shape index (κ1) is 19.6. The van der Waals surface area contributed by atoms with Crippen molar-refractivity contribution in [1.29, 1.82) is 0 Å². The molecular formula is C19H17BrN4O4. The predicted molar refractivity (Wildman–Crippen MR) is 109 cm³/mol. The summed E-state index contributed by atoms with van der Waals surface area (Å²) in [5.74, 6) is -0.666. The van der Waals surface area contributed by atoms with E-state index in [1.807, 2.05) is 19.1 Å². The molecule has 0 atom stereocenters. The molecule has 0 aliphatic carbocycles. The summed E-state index contributed by atoms with van der Waals surface area (Å²) < 4.78 is 2.62. The number of nitrogens with one attached hydrogen (secondary N) is 2. The van der Waals surface area contributed by atoms with Crippen LogP contribution in [0, 0.1) is 17.0 Å². The van der Waals surface area contributed by atoms with Crippen LogP contribution in [0.15, 0.2) is 53.1 Å². The van der Waals surface area contributed by atoms with Gasteiger partial charge in [0.1, 0.15) is 6.54 Å². The van der Waals surface area contributed by atoms with Crippen LogP contribution in [0.1, 0.15) is 5.56 Å². The van der Waals surface area contributed by atoms with Crippen molar-refractivity contribution in [2.75, 3.05) is 11.9 Å². The fourth-order valence-electron chi connectivity index (χ4n) is 2.76. The maximum absolute atomic E-state index is 12.2. The topological polar surface area (TPSA) is 106 Å². The number of hydrogen-bond donors (Lipinski definition) is 2. The highest BCUT2D eigenvalue weighted by Gasteiger charge is 2.12. The van der Waals surface area contributed by atoms with E-state index in [1.165, 1.54) is 12.1 Å². The van der Waals surface area contributed by atoms with Crippen LogP contribution in [-0.4, -0.2) is 27.8 Å². The Bertz CT molecular complexity index is 1080. The number of aromatic nitrogens is 1. The monoisotopic (exact) mass is 444 g/mol. The molecule has 3 rings (SSSR count). The van der Waals surface area contributed by atoms with E-state index in [1.54, 1.807) is 29.0 Å². The summed E-state index contributed by atoms with van der Waals surface area (Å²) >= 11 is 3.40. The summed E-state index contributed by atoms with van der Waals surface area (Å²) in [6.07, 6.45) is 1.68. The van der Waals surface area contributed by atoms with E-state index in [9.17, 15) is 19.7 Å². The summed E-state index contributed by atoms with van der Waals surface area (Å²) in [6.45, 7) is 1.77. The molecular weight excluding hydrogens is 428 g/mol. The molecule has 0 radical (unpaired) electrons. The molecule has 8 nitrogen and oxygen atoms in total. The van der Waals surface area contributed by atoms with Gasteiger partial charge in [0, 0.05) is 39.4 Å². The SMILES string of the molecule is Cc1cc(NC(=O)CNC(=O)Cn2ccc3cc([N+](=O)[O-])ccc32)ccc1Br. The number of nitro groups is 1. The number of carbonyl (C=O) groups is 2. The fraction of sp³-hybridized carbons (Fsp3) is 0.158. The third kappa shape index (κ3) is 4.55. The maximum atomic E-state index is 12.2. The third-order valence-electron chi connectivity index (χ3n) is 4.17. The van der Waals surface area contributed by atoms with Crippen molar-refractivity contribution < 1.29 is 14.5 Å². The molecule has 0 aliphatic heterocycles. The number of rotatable bonds is 6. The van der Waals surface area contributed by atoms with E-state index in [4.69, 9.17) is 0 Å². The molecule has 0 aliphatic rings. The number of nitrogens with zero attached hydrogens (tertiary/aromatic N) is 2. The normalized spacial score (nSPS) is 10.6. The quantitative estimate of drug-likeness (QED) is 0.448. The average molecular weight is 445 g/mol. The first-order valence-corrected chi connectivity index (χ1v) is 9.19. The minimum absolute atomic E-state index is 0.00505. The Morgan fingerprint density at radius 1 is 1.14 bits per heavy atom. The van der Waals surface area contributed by atoms with Crippen LogP contribution < -0.4 is 10.6 Å². The molecule has 0 unspecified atom stereocenters. The van der Waals surface area contributed by atoms with Gasteiger partial charge in [-0.1, -0.05) is 15.9 Å². The average Bonchev–Trinajstić information content (AvgIpc) is 3.05. The van der Waals surface area contributed by atoms with E-state index in [0.717, 1.165) is 10.0 Å². The Morgan fingerprint density at radius 2 is 1.93 bits per heavy atom. The van der Waals surface area contributed by atoms with Gasteiger partial charge in [0.25, 0.3) is 5.69 Å². The lowest BCUT2D eigenvalue weighted by atomic mass is 10.2. The summed E-state index contributed by atoms with van der Waals surface area (Å²) in [6, 6.07) is 11.6. The zero-order valence-corrected chi connectivity index (χ0v) is 16.5. The van der Waals surface area contributed by atoms with Gasteiger partial charge in [0.2, 0.25) is 11.8 Å². The molecule has 28 heavy (non-hydrogen) atoms. The van der Waals surface area contributed by atoms with Gasteiger partial charge in [-0.05, 0) is 42.8 Å². The molecule has 1 heterocycles. The maximum Gasteiger partial charge on any atom is 0.270 e. The van der Waals surface area contributed by atoms with Crippen LogP contribution in [0.4, 0.5) is 11.4 Å². The van der Waals surface area contributed by atoms with Crippen LogP contribution in [0.25, 0.3) is 10.9 Å². The number of amides is 2. The highest BCUT2D eigenvalue weighted by atomic mass is 79.9. The number of anilines is 1. The summed E-state index contributed by atoms with van der Waals surface area (Å²) in [7, 11) is 0. The van der Waals surface area contributed by atoms with Gasteiger partial charge in [-0.25, -0.2) is 0 Å². The molecule has 0 fully saturated rings. The van der Waals surface area contributed by atoms with Gasteiger partial charge in [0.05, 0.1) is 11.5 Å². The molecule has 0 bridgehead atoms. The lowest BCUT2D eigenvalue weighted by molar-refractivity contribution is -0.384. The third-order valence-corrected chi connectivity index (χ3v) is 5.06. The molecule has 0 saturated heterocycles. The number of aryl methyl sites for hydroxylation is 1. The van der Waals surface area contributed by atoms with E-state index < -0.39 is 4.92 Å². The van der Waals surface area contributed by atoms with Crippen LogP contribution in [0.3, 0.4) is 0 Å². The molecule has 0 spiro atoms. The van der Waals surface area contributed by atoms with Gasteiger partial charge in [-0.3, -0.25) is 19.7 Å². The molecule has 1 aromatic heterocycles. The van der Waals surface area contributed by atoms with Crippen LogP contribution in [0.2, 0.25) is 0 Å². The number of hydrogen-bond acceptors (Lipinski definition) is 4. The van der Waals surface area contributed by atoms with Crippen molar-refractivity contribution in [3.8, 4) is 0 Å². The first-order chi connectivity index (χ1) is 13.3. The predicted octanol–water partition coefficient (Wildman–Crippen LogP) is 3.38. The first-order valence-electron chi connectivity index (χ1n) is 8.39. The van der Waals surface area contributed by atoms with Crippen LogP contribution in [-0.2, 0) is 16.1 Å². The van der Waals surface area contributed by atoms with Gasteiger partial charge >= 0.3 is 0 Å². The largest absolute Gasteiger partial charge is 0.345 e. The molecule has 144 valence electrons. The second-order valence-corrected chi connectivity index (χ2v) is 7.09. The number of carbonyl (C=O) groups excluding carboxylic acids is 2. The summed E-state index contributed by atoms with van der Waals surface area (Å²) in [5, 5.41) is 16.8. The zero-order chi connectivity index (χ0) is 20.3. The number of nitro benzene ring substituents is 1. The summed E-state index contributed by atoms with van der Waals surface area (Å²) in [4.78, 5) is 34.6. The smallest absolute Gasteiger partial charge is 0.270 e. The van der Waals surface area contributed by atoms with Crippen LogP contribution in [0.5, 0.6) is 0 Å². The van der Waals surface area contributed by atoms with E-state index in [0.29, 0.717) is 16.6 Å². The molecule has 2 aromatic carbocycles. The molecule has 0 saturated carbocycles. The molecule has 3 aromatic rings. The zero-order valence-electron chi connectivity index (χ0n) is 14.9. The van der Waals surface area contributed by atoms with Crippen molar-refractivity contribution in [2.24, 2.45) is 0 Å². The Balaban J connectivity index is 1.56. The number of benzene rings is 2. The van der Waals surface area contributed by atoms with Crippen molar-refractivity contribution >= 4 is 50.0 Å². The van der Waals surface area contributed by atoms with E-state index >= 15 is 0 Å². The highest BCUT2D eigenvalue weighted by molar-refractivity contribution is 9.10. The van der Waals surface area contributed by atoms with Crippen molar-refractivity contribution in [1.82, 2.24) is 9.88 Å². The number of non-ortho nitro benzene ring substituents is 1. The standard InChI is InChI=1S/C19H17BrN4O4/c1-12-8-14(2-4-16(12)20)22-18(25)10-21-19(26)11-23-7-6-13-9-15(24(27)28)3-5-17(13)23/h2-9H,10-11H2,1H3,(H,21,26)(H,22,25). The minimum atomic E-state index is -0.463. The van der Waals surface area contributed by atoms with Crippen molar-refractivity contribution in [3.05, 3.63) is 68.8 Å². The van der Waals surface area contributed by atoms with E-state index in [-0.39, 0.29) is 30.6 Å². The van der Waals surface area contributed by atoms with Crippen molar-refractivity contribution in [3.63, 3.8) is 0 Å². The Labute approximate surface area is 168 Å². The fourth-order valence-corrected chi connectivity index (χ4v) is 3.00. The molecule has 9 heteroatoms.